The lowest BCUT2D eigenvalue weighted by Crippen LogP contribution is -2.04. The van der Waals surface area contributed by atoms with Gasteiger partial charge in [0.2, 0.25) is 0 Å². The van der Waals surface area contributed by atoms with E-state index in [1.807, 2.05) is 48.5 Å². The van der Waals surface area contributed by atoms with Gasteiger partial charge in [0.1, 0.15) is 11.8 Å². The van der Waals surface area contributed by atoms with E-state index in [-0.39, 0.29) is 0 Å². The predicted molar refractivity (Wildman–Crippen MR) is 117 cm³/mol. The second-order valence-corrected chi connectivity index (χ2v) is 7.07. The van der Waals surface area contributed by atoms with Crippen LogP contribution in [0, 0.1) is 18.3 Å². The highest BCUT2D eigenvalue weighted by Gasteiger charge is 2.18. The summed E-state index contributed by atoms with van der Waals surface area (Å²) in [6, 6.07) is 31.1. The molecule has 0 spiro atoms. The van der Waals surface area contributed by atoms with Gasteiger partial charge in [-0.2, -0.15) is 5.26 Å². The third-order valence-electron chi connectivity index (χ3n) is 5.11. The van der Waals surface area contributed by atoms with Gasteiger partial charge in [-0.3, -0.25) is 0 Å². The van der Waals surface area contributed by atoms with Crippen LogP contribution in [0.1, 0.15) is 16.7 Å². The van der Waals surface area contributed by atoms with Crippen molar-refractivity contribution < 1.29 is 4.74 Å². The third kappa shape index (κ3) is 3.79. The van der Waals surface area contributed by atoms with E-state index < -0.39 is 0 Å². The second-order valence-electron chi connectivity index (χ2n) is 7.07. The van der Waals surface area contributed by atoms with Gasteiger partial charge in [0.05, 0.1) is 24.1 Å². The molecule has 3 nitrogen and oxygen atoms in total. The highest BCUT2D eigenvalue weighted by molar-refractivity contribution is 5.76. The number of methoxy groups -OCH3 is 1. The van der Waals surface area contributed by atoms with E-state index in [1.165, 1.54) is 11.1 Å². The lowest BCUT2D eigenvalue weighted by Gasteiger charge is -2.15. The summed E-state index contributed by atoms with van der Waals surface area (Å²) >= 11 is 0. The van der Waals surface area contributed by atoms with Gasteiger partial charge in [-0.05, 0) is 53.9 Å². The fourth-order valence-corrected chi connectivity index (χ4v) is 3.59. The summed E-state index contributed by atoms with van der Waals surface area (Å²) in [6.45, 7) is 2.76. The molecule has 0 aliphatic carbocycles. The molecular weight excluding hydrogens is 356 g/mol. The number of hydrogen-bond acceptors (Lipinski definition) is 2. The van der Waals surface area contributed by atoms with Gasteiger partial charge < -0.3 is 9.30 Å². The zero-order valence-electron chi connectivity index (χ0n) is 16.6. The molecule has 0 saturated carbocycles. The van der Waals surface area contributed by atoms with Crippen molar-refractivity contribution in [2.75, 3.05) is 7.11 Å². The normalized spacial score (nSPS) is 10.5. The molecule has 0 amide bonds. The Kier molecular flexibility index (Phi) is 5.18. The second kappa shape index (κ2) is 8.08. The van der Waals surface area contributed by atoms with Crippen molar-refractivity contribution in [3.05, 3.63) is 102 Å². The first-order chi connectivity index (χ1) is 14.2. The van der Waals surface area contributed by atoms with Gasteiger partial charge in [0.25, 0.3) is 0 Å². The SMILES string of the molecule is COc1ccc(-c2cc(C#N)c(-c3ccc(C)cc3)n2Cc2ccccc2)cc1. The first-order valence-corrected chi connectivity index (χ1v) is 9.58. The molecule has 142 valence electrons. The molecule has 1 aromatic heterocycles. The molecule has 0 aliphatic heterocycles. The molecule has 0 fully saturated rings. The fourth-order valence-electron chi connectivity index (χ4n) is 3.59. The Morgan fingerprint density at radius 1 is 0.862 bits per heavy atom. The number of aryl methyl sites for hydroxylation is 1. The molecule has 0 bridgehead atoms. The van der Waals surface area contributed by atoms with Crippen molar-refractivity contribution in [2.24, 2.45) is 0 Å². The lowest BCUT2D eigenvalue weighted by atomic mass is 10.1. The molecule has 29 heavy (non-hydrogen) atoms. The van der Waals surface area contributed by atoms with Gasteiger partial charge in [0, 0.05) is 6.54 Å². The number of nitrogens with zero attached hydrogens (tertiary/aromatic N) is 2. The Morgan fingerprint density at radius 3 is 2.14 bits per heavy atom. The fraction of sp³-hybridized carbons (Fsp3) is 0.115. The molecule has 3 heteroatoms. The molecule has 4 aromatic rings. The Morgan fingerprint density at radius 2 is 1.52 bits per heavy atom. The molecule has 0 saturated heterocycles. The van der Waals surface area contributed by atoms with E-state index in [9.17, 15) is 5.26 Å². The van der Waals surface area contributed by atoms with E-state index in [4.69, 9.17) is 4.74 Å². The van der Waals surface area contributed by atoms with Crippen molar-refractivity contribution in [1.29, 1.82) is 5.26 Å². The Balaban J connectivity index is 1.92. The number of aromatic nitrogens is 1. The number of rotatable bonds is 5. The summed E-state index contributed by atoms with van der Waals surface area (Å²) in [4.78, 5) is 0. The summed E-state index contributed by atoms with van der Waals surface area (Å²) in [5.74, 6) is 0.814. The van der Waals surface area contributed by atoms with Crippen molar-refractivity contribution in [1.82, 2.24) is 4.57 Å². The number of ether oxygens (including phenoxy) is 1. The van der Waals surface area contributed by atoms with Crippen molar-refractivity contribution in [3.63, 3.8) is 0 Å². The maximum atomic E-state index is 9.88. The highest BCUT2D eigenvalue weighted by atomic mass is 16.5. The average molecular weight is 378 g/mol. The molecule has 1 heterocycles. The van der Waals surface area contributed by atoms with Crippen LogP contribution < -0.4 is 4.74 Å². The molecule has 0 N–H and O–H groups in total. The van der Waals surface area contributed by atoms with Gasteiger partial charge in [-0.25, -0.2) is 0 Å². The van der Waals surface area contributed by atoms with Gasteiger partial charge in [0.15, 0.2) is 0 Å². The number of benzene rings is 3. The quantitative estimate of drug-likeness (QED) is 0.423. The largest absolute Gasteiger partial charge is 0.497 e. The van der Waals surface area contributed by atoms with E-state index in [0.29, 0.717) is 12.1 Å². The highest BCUT2D eigenvalue weighted by Crippen LogP contribution is 2.34. The summed E-state index contributed by atoms with van der Waals surface area (Å²) in [7, 11) is 1.66. The van der Waals surface area contributed by atoms with Gasteiger partial charge in [-0.1, -0.05) is 60.2 Å². The molecule has 0 radical (unpaired) electrons. The van der Waals surface area contributed by atoms with E-state index in [0.717, 1.165) is 28.3 Å². The minimum Gasteiger partial charge on any atom is -0.497 e. The Labute approximate surface area is 171 Å². The Bertz CT molecular complexity index is 1150. The standard InChI is InChI=1S/C26H22N2O/c1-19-8-10-22(11-9-19)26-23(17-27)16-25(21-12-14-24(29-2)15-13-21)28(26)18-20-6-4-3-5-7-20/h3-16H,18H2,1-2H3. The van der Waals surface area contributed by atoms with Crippen molar-refractivity contribution in [2.45, 2.75) is 13.5 Å². The van der Waals surface area contributed by atoms with Crippen LogP contribution in [0.25, 0.3) is 22.5 Å². The van der Waals surface area contributed by atoms with E-state index in [1.54, 1.807) is 7.11 Å². The lowest BCUT2D eigenvalue weighted by molar-refractivity contribution is 0.415. The zero-order chi connectivity index (χ0) is 20.2. The van der Waals surface area contributed by atoms with Gasteiger partial charge >= 0.3 is 0 Å². The maximum Gasteiger partial charge on any atom is 0.118 e. The van der Waals surface area contributed by atoms with Crippen LogP contribution in [0.4, 0.5) is 0 Å². The molecule has 0 unspecified atom stereocenters. The summed E-state index contributed by atoms with van der Waals surface area (Å²) in [5.41, 5.74) is 7.13. The summed E-state index contributed by atoms with van der Waals surface area (Å²) in [6.07, 6.45) is 0. The molecule has 0 atom stereocenters. The maximum absolute atomic E-state index is 9.88. The third-order valence-corrected chi connectivity index (χ3v) is 5.11. The topological polar surface area (TPSA) is 37.9 Å². The minimum absolute atomic E-state index is 0.676. The monoisotopic (exact) mass is 378 g/mol. The van der Waals surface area contributed by atoms with Crippen LogP contribution in [-0.4, -0.2) is 11.7 Å². The molecule has 0 aliphatic rings. The Hall–Kier alpha value is -3.77. The minimum atomic E-state index is 0.676. The van der Waals surface area contributed by atoms with Crippen LogP contribution >= 0.6 is 0 Å². The predicted octanol–water partition coefficient (Wildman–Crippen LogP) is 6.06. The average Bonchev–Trinajstić information content (AvgIpc) is 3.13. The van der Waals surface area contributed by atoms with Crippen LogP contribution in [-0.2, 0) is 6.54 Å². The van der Waals surface area contributed by atoms with Crippen LogP contribution in [0.15, 0.2) is 84.9 Å². The van der Waals surface area contributed by atoms with Crippen molar-refractivity contribution in [3.8, 4) is 34.3 Å². The van der Waals surface area contributed by atoms with Crippen molar-refractivity contribution >= 4 is 0 Å². The summed E-state index contributed by atoms with van der Waals surface area (Å²) < 4.78 is 7.54. The first kappa shape index (κ1) is 18.6. The first-order valence-electron chi connectivity index (χ1n) is 9.58. The van der Waals surface area contributed by atoms with Crippen LogP contribution in [0.2, 0.25) is 0 Å². The number of hydrogen-bond donors (Lipinski definition) is 0. The zero-order valence-corrected chi connectivity index (χ0v) is 16.6. The molecule has 3 aromatic carbocycles. The van der Waals surface area contributed by atoms with E-state index >= 15 is 0 Å². The smallest absolute Gasteiger partial charge is 0.118 e. The van der Waals surface area contributed by atoms with Crippen LogP contribution in [0.5, 0.6) is 5.75 Å². The number of nitriles is 1. The molecule has 4 rings (SSSR count). The van der Waals surface area contributed by atoms with E-state index in [2.05, 4.69) is 54.0 Å². The summed E-state index contributed by atoms with van der Waals surface area (Å²) in [5, 5.41) is 9.88. The van der Waals surface area contributed by atoms with Crippen LogP contribution in [0.3, 0.4) is 0 Å². The van der Waals surface area contributed by atoms with Gasteiger partial charge in [-0.15, -0.1) is 0 Å². The molecular formula is C26H22N2O.